The molecule has 2 N–H and O–H groups in total. The number of carbonyl (C=O) groups excluding carboxylic acids is 2. The summed E-state index contributed by atoms with van der Waals surface area (Å²) in [5.41, 5.74) is -1.43. The Balaban J connectivity index is 2.03. The summed E-state index contributed by atoms with van der Waals surface area (Å²) >= 11 is 0. The summed E-state index contributed by atoms with van der Waals surface area (Å²) in [5, 5.41) is 24.7. The summed E-state index contributed by atoms with van der Waals surface area (Å²) in [6, 6.07) is 4.37. The van der Waals surface area contributed by atoms with E-state index in [1.54, 1.807) is 0 Å². The number of carbonyl (C=O) groups is 2. The predicted octanol–water partition coefficient (Wildman–Crippen LogP) is 0.686. The molecule has 2 amide bonds. The molecule has 0 spiro atoms. The van der Waals surface area contributed by atoms with Crippen molar-refractivity contribution in [3.8, 4) is 5.75 Å². The number of rotatable bonds is 4. The van der Waals surface area contributed by atoms with Gasteiger partial charge in [0.05, 0.1) is 12.7 Å². The fraction of sp³-hybridized carbons (Fsp3) is 0.455. The first-order valence-corrected chi connectivity index (χ1v) is 10.3. The van der Waals surface area contributed by atoms with Crippen LogP contribution >= 0.6 is 0 Å². The first kappa shape index (κ1) is 24.2. The molecule has 1 aromatic carbocycles. The van der Waals surface area contributed by atoms with Crippen molar-refractivity contribution in [1.29, 1.82) is 0 Å². The summed E-state index contributed by atoms with van der Waals surface area (Å²) in [7, 11) is 1.33. The van der Waals surface area contributed by atoms with Crippen LogP contribution in [0.15, 0.2) is 29.1 Å². The van der Waals surface area contributed by atoms with Crippen molar-refractivity contribution in [1.82, 2.24) is 19.8 Å². The minimum Gasteiger partial charge on any atom is -0.530 e. The Morgan fingerprint density at radius 3 is 2.52 bits per heavy atom. The Labute approximate surface area is 189 Å². The number of amides is 2. The summed E-state index contributed by atoms with van der Waals surface area (Å²) in [4.78, 5) is 42.6. The smallest absolute Gasteiger partial charge is 0.296 e. The number of nitrogens with one attached hydrogen (secondary N) is 1. The van der Waals surface area contributed by atoms with E-state index >= 15 is 0 Å². The number of nitrogens with zero attached hydrogens (tertiary/aromatic N) is 3. The van der Waals surface area contributed by atoms with Crippen LogP contribution in [0.3, 0.4) is 0 Å². The highest BCUT2D eigenvalue weighted by molar-refractivity contribution is 5.94. The lowest BCUT2D eigenvalue weighted by Gasteiger charge is -2.47. The maximum atomic E-state index is 13.1. The van der Waals surface area contributed by atoms with E-state index in [0.717, 1.165) is 9.47 Å². The molecule has 0 radical (unpaired) electrons. The first-order valence-electron chi connectivity index (χ1n) is 10.3. The standard InChI is InChI=1S/C22H27FN4O6/c1-22(2,3)17-15(27(21(31)32)9-10-33-17)18-25-14(16(28)20(30)26(18)4)19(29)24-11-12-5-7-13(23)8-6-12/h5-8,15,17,28H,9-11H2,1-4H3,(H,24,29)(H,31,32)/p-1. The van der Waals surface area contributed by atoms with Crippen molar-refractivity contribution in [3.63, 3.8) is 0 Å². The quantitative estimate of drug-likeness (QED) is 0.683. The number of benzene rings is 1. The van der Waals surface area contributed by atoms with Crippen LogP contribution in [0.1, 0.15) is 48.7 Å². The normalized spacial score (nSPS) is 18.8. The number of aromatic hydroxyl groups is 1. The van der Waals surface area contributed by atoms with Crippen molar-refractivity contribution in [2.24, 2.45) is 12.5 Å². The van der Waals surface area contributed by atoms with Gasteiger partial charge in [-0.25, -0.2) is 9.37 Å². The summed E-state index contributed by atoms with van der Waals surface area (Å²) < 4.78 is 19.9. The molecule has 0 bridgehead atoms. The van der Waals surface area contributed by atoms with E-state index in [-0.39, 0.29) is 25.5 Å². The number of hydrogen-bond acceptors (Lipinski definition) is 7. The van der Waals surface area contributed by atoms with E-state index in [9.17, 15) is 29.0 Å². The third-order valence-electron chi connectivity index (χ3n) is 5.49. The molecular weight excluding hydrogens is 435 g/mol. The van der Waals surface area contributed by atoms with E-state index in [4.69, 9.17) is 4.74 Å². The molecule has 10 nitrogen and oxygen atoms in total. The van der Waals surface area contributed by atoms with Crippen molar-refractivity contribution in [3.05, 3.63) is 57.5 Å². The Kier molecular flexibility index (Phi) is 6.73. The van der Waals surface area contributed by atoms with Gasteiger partial charge in [-0.1, -0.05) is 32.9 Å². The van der Waals surface area contributed by atoms with Crippen LogP contribution in [0.25, 0.3) is 0 Å². The fourth-order valence-electron chi connectivity index (χ4n) is 3.77. The average Bonchev–Trinajstić information content (AvgIpc) is 2.76. The minimum absolute atomic E-state index is 0.00684. The molecule has 2 unspecified atom stereocenters. The zero-order valence-electron chi connectivity index (χ0n) is 18.8. The number of aromatic nitrogens is 2. The monoisotopic (exact) mass is 461 g/mol. The molecule has 1 saturated heterocycles. The van der Waals surface area contributed by atoms with E-state index in [1.165, 1.54) is 31.3 Å². The predicted molar refractivity (Wildman–Crippen MR) is 113 cm³/mol. The average molecular weight is 461 g/mol. The van der Waals surface area contributed by atoms with Crippen molar-refractivity contribution in [2.45, 2.75) is 39.5 Å². The Morgan fingerprint density at radius 2 is 1.94 bits per heavy atom. The van der Waals surface area contributed by atoms with Gasteiger partial charge >= 0.3 is 0 Å². The highest BCUT2D eigenvalue weighted by atomic mass is 19.1. The van der Waals surface area contributed by atoms with Crippen LogP contribution < -0.4 is 16.0 Å². The molecule has 2 aromatic rings. The van der Waals surface area contributed by atoms with E-state index in [2.05, 4.69) is 10.3 Å². The van der Waals surface area contributed by atoms with Crippen LogP contribution in [0, 0.1) is 11.2 Å². The lowest BCUT2D eigenvalue weighted by atomic mass is 9.82. The summed E-state index contributed by atoms with van der Waals surface area (Å²) in [6.45, 7) is 5.65. The lowest BCUT2D eigenvalue weighted by Crippen LogP contribution is -2.57. The molecule has 0 aliphatic carbocycles. The molecule has 33 heavy (non-hydrogen) atoms. The zero-order valence-corrected chi connectivity index (χ0v) is 18.8. The summed E-state index contributed by atoms with van der Waals surface area (Å²) in [6.07, 6.45) is -2.18. The van der Waals surface area contributed by atoms with Gasteiger partial charge in [-0.2, -0.15) is 0 Å². The number of carboxylic acid groups (broad SMARTS) is 1. The number of ether oxygens (including phenoxy) is 1. The maximum Gasteiger partial charge on any atom is 0.296 e. The van der Waals surface area contributed by atoms with Gasteiger partial charge in [0.1, 0.15) is 23.8 Å². The molecule has 0 saturated carbocycles. The van der Waals surface area contributed by atoms with Crippen LogP contribution in [-0.4, -0.2) is 50.8 Å². The van der Waals surface area contributed by atoms with Gasteiger partial charge in [-0.3, -0.25) is 14.2 Å². The third kappa shape index (κ3) is 4.98. The van der Waals surface area contributed by atoms with Gasteiger partial charge in [0.25, 0.3) is 11.5 Å². The second kappa shape index (κ2) is 9.18. The second-order valence-electron chi connectivity index (χ2n) is 8.90. The van der Waals surface area contributed by atoms with Crippen LogP contribution in [0.5, 0.6) is 5.75 Å². The lowest BCUT2D eigenvalue weighted by molar-refractivity contribution is -0.277. The molecule has 3 rings (SSSR count). The molecule has 2 atom stereocenters. The van der Waals surface area contributed by atoms with Crippen molar-refractivity contribution < 1.29 is 28.9 Å². The van der Waals surface area contributed by atoms with Crippen molar-refractivity contribution >= 4 is 12.0 Å². The van der Waals surface area contributed by atoms with Gasteiger partial charge in [0, 0.05) is 20.1 Å². The maximum absolute atomic E-state index is 13.1. The molecule has 1 aliphatic rings. The van der Waals surface area contributed by atoms with Gasteiger partial charge in [0.2, 0.25) is 5.75 Å². The first-order chi connectivity index (χ1) is 15.4. The third-order valence-corrected chi connectivity index (χ3v) is 5.49. The molecular formula is C22H26FN4O6-. The second-order valence-corrected chi connectivity index (χ2v) is 8.90. The number of halogens is 1. The Morgan fingerprint density at radius 1 is 1.30 bits per heavy atom. The largest absolute Gasteiger partial charge is 0.530 e. The summed E-state index contributed by atoms with van der Waals surface area (Å²) in [5.74, 6) is -2.21. The van der Waals surface area contributed by atoms with E-state index < -0.39 is 52.4 Å². The fourth-order valence-corrected chi connectivity index (χ4v) is 3.77. The Hall–Kier alpha value is -3.47. The molecule has 1 fully saturated rings. The molecule has 2 heterocycles. The molecule has 11 heteroatoms. The molecule has 1 aliphatic heterocycles. The van der Waals surface area contributed by atoms with Crippen LogP contribution in [0.4, 0.5) is 9.18 Å². The van der Waals surface area contributed by atoms with E-state index in [0.29, 0.717) is 5.56 Å². The zero-order chi connectivity index (χ0) is 24.5. The van der Waals surface area contributed by atoms with Gasteiger partial charge in [0.15, 0.2) is 5.69 Å². The van der Waals surface area contributed by atoms with Gasteiger partial charge in [-0.15, -0.1) is 0 Å². The topological polar surface area (TPSA) is 137 Å². The molecule has 1 aromatic heterocycles. The number of hydrogen-bond donors (Lipinski definition) is 2. The number of morpholine rings is 1. The van der Waals surface area contributed by atoms with Crippen molar-refractivity contribution in [2.75, 3.05) is 13.2 Å². The van der Waals surface area contributed by atoms with Gasteiger partial charge < -0.3 is 30.0 Å². The highest BCUT2D eigenvalue weighted by Gasteiger charge is 2.43. The SMILES string of the molecule is Cn1c(C2C(C(C)(C)C)OCCN2C(=O)[O-])nc(C(=O)NCc2ccc(F)cc2)c(O)c1=O. The van der Waals surface area contributed by atoms with E-state index in [1.807, 2.05) is 20.8 Å². The van der Waals surface area contributed by atoms with Crippen LogP contribution in [-0.2, 0) is 18.3 Å². The minimum atomic E-state index is -1.47. The highest BCUT2D eigenvalue weighted by Crippen LogP contribution is 2.38. The van der Waals surface area contributed by atoms with Gasteiger partial charge in [-0.05, 0) is 23.1 Å². The van der Waals surface area contributed by atoms with Crippen LogP contribution in [0.2, 0.25) is 0 Å². The Bertz CT molecular complexity index is 1110. The molecule has 178 valence electrons.